The second-order valence-electron chi connectivity index (χ2n) is 6.92. The third-order valence-electron chi connectivity index (χ3n) is 3.50. The van der Waals surface area contributed by atoms with E-state index in [1.807, 2.05) is 24.3 Å². The molecule has 2 aromatic rings. The van der Waals surface area contributed by atoms with Gasteiger partial charge in [-0.3, -0.25) is 4.79 Å². The molecule has 0 radical (unpaired) electrons. The van der Waals surface area contributed by atoms with Crippen LogP contribution in [0, 0.1) is 16.7 Å². The number of nitriles is 1. The van der Waals surface area contributed by atoms with Crippen LogP contribution in [0.3, 0.4) is 0 Å². The fraction of sp³-hybridized carbons (Fsp3) is 0.238. The standard InChI is InChI=1S/C21H22N2O/c1-15(13-21(2,3)4)17-8-10-18(11-9-17)20(24)23-19-7-5-6-16(12-19)14-22/h5-13H,1-4H3,(H,23,24). The highest BCUT2D eigenvalue weighted by Crippen LogP contribution is 2.23. The Morgan fingerprint density at radius 1 is 1.08 bits per heavy atom. The Hall–Kier alpha value is -2.86. The van der Waals surface area contributed by atoms with Crippen molar-refractivity contribution in [1.82, 2.24) is 0 Å². The summed E-state index contributed by atoms with van der Waals surface area (Å²) in [6, 6.07) is 16.5. The first-order valence-electron chi connectivity index (χ1n) is 7.90. The van der Waals surface area contributed by atoms with Crippen LogP contribution < -0.4 is 5.32 Å². The van der Waals surface area contributed by atoms with Crippen LogP contribution in [-0.4, -0.2) is 5.91 Å². The highest BCUT2D eigenvalue weighted by atomic mass is 16.1. The van der Waals surface area contributed by atoms with Crippen LogP contribution in [0.2, 0.25) is 0 Å². The molecular weight excluding hydrogens is 296 g/mol. The molecule has 1 amide bonds. The second kappa shape index (κ2) is 7.14. The van der Waals surface area contributed by atoms with Gasteiger partial charge in [0.15, 0.2) is 0 Å². The molecule has 2 aromatic carbocycles. The van der Waals surface area contributed by atoms with Crippen molar-refractivity contribution in [3.63, 3.8) is 0 Å². The predicted octanol–water partition coefficient (Wildman–Crippen LogP) is 5.26. The molecule has 2 rings (SSSR count). The van der Waals surface area contributed by atoms with E-state index < -0.39 is 0 Å². The molecule has 0 aromatic heterocycles. The van der Waals surface area contributed by atoms with Gasteiger partial charge in [-0.15, -0.1) is 0 Å². The SMILES string of the molecule is CC(=CC(C)(C)C)c1ccc(C(=O)Nc2cccc(C#N)c2)cc1. The van der Waals surface area contributed by atoms with E-state index in [-0.39, 0.29) is 11.3 Å². The summed E-state index contributed by atoms with van der Waals surface area (Å²) in [7, 11) is 0. The highest BCUT2D eigenvalue weighted by molar-refractivity contribution is 6.04. The van der Waals surface area contributed by atoms with Gasteiger partial charge >= 0.3 is 0 Å². The smallest absolute Gasteiger partial charge is 0.255 e. The summed E-state index contributed by atoms with van der Waals surface area (Å²) in [6.45, 7) is 8.56. The summed E-state index contributed by atoms with van der Waals surface area (Å²) in [5.74, 6) is -0.186. The van der Waals surface area contributed by atoms with Gasteiger partial charge in [-0.1, -0.05) is 45.0 Å². The maximum absolute atomic E-state index is 12.3. The normalized spacial score (nSPS) is 11.7. The number of hydrogen-bond acceptors (Lipinski definition) is 2. The fourth-order valence-electron chi connectivity index (χ4n) is 2.49. The lowest BCUT2D eigenvalue weighted by atomic mass is 9.91. The lowest BCUT2D eigenvalue weighted by Gasteiger charge is -2.14. The lowest BCUT2D eigenvalue weighted by Crippen LogP contribution is -2.11. The van der Waals surface area contributed by atoms with Crippen molar-refractivity contribution >= 4 is 17.2 Å². The van der Waals surface area contributed by atoms with Crippen LogP contribution in [0.25, 0.3) is 5.57 Å². The molecule has 0 spiro atoms. The molecular formula is C21H22N2O. The minimum atomic E-state index is -0.186. The van der Waals surface area contributed by atoms with E-state index in [9.17, 15) is 4.79 Å². The molecule has 0 fully saturated rings. The Bertz CT molecular complexity index is 803. The van der Waals surface area contributed by atoms with Gasteiger partial charge in [0.1, 0.15) is 0 Å². The molecule has 24 heavy (non-hydrogen) atoms. The first-order chi connectivity index (χ1) is 11.3. The lowest BCUT2D eigenvalue weighted by molar-refractivity contribution is 0.102. The number of carbonyl (C=O) groups excluding carboxylic acids is 1. The monoisotopic (exact) mass is 318 g/mol. The molecule has 0 saturated heterocycles. The average Bonchev–Trinajstić information content (AvgIpc) is 2.53. The summed E-state index contributed by atoms with van der Waals surface area (Å²) in [5, 5.41) is 11.7. The summed E-state index contributed by atoms with van der Waals surface area (Å²) < 4.78 is 0. The van der Waals surface area contributed by atoms with Crippen LogP contribution in [0.4, 0.5) is 5.69 Å². The van der Waals surface area contributed by atoms with Crippen molar-refractivity contribution in [2.24, 2.45) is 5.41 Å². The Morgan fingerprint density at radius 3 is 2.29 bits per heavy atom. The van der Waals surface area contributed by atoms with Crippen molar-refractivity contribution in [2.75, 3.05) is 5.32 Å². The summed E-state index contributed by atoms with van der Waals surface area (Å²) in [6.07, 6.45) is 2.22. The molecule has 0 aliphatic carbocycles. The predicted molar refractivity (Wildman–Crippen MR) is 98.7 cm³/mol. The molecule has 3 heteroatoms. The number of amides is 1. The molecule has 0 saturated carbocycles. The first-order valence-corrected chi connectivity index (χ1v) is 7.90. The largest absolute Gasteiger partial charge is 0.322 e. The minimum Gasteiger partial charge on any atom is -0.322 e. The number of hydrogen-bond donors (Lipinski definition) is 1. The highest BCUT2D eigenvalue weighted by Gasteiger charge is 2.09. The van der Waals surface area contributed by atoms with Crippen LogP contribution in [0.15, 0.2) is 54.6 Å². The van der Waals surface area contributed by atoms with E-state index in [2.05, 4.69) is 45.2 Å². The van der Waals surface area contributed by atoms with Crippen LogP contribution in [-0.2, 0) is 0 Å². The number of anilines is 1. The van der Waals surface area contributed by atoms with E-state index >= 15 is 0 Å². The maximum atomic E-state index is 12.3. The van der Waals surface area contributed by atoms with E-state index in [4.69, 9.17) is 5.26 Å². The number of allylic oxidation sites excluding steroid dienone is 2. The number of nitrogens with one attached hydrogen (secondary N) is 1. The van der Waals surface area contributed by atoms with E-state index in [1.54, 1.807) is 24.3 Å². The Labute approximate surface area is 143 Å². The van der Waals surface area contributed by atoms with Gasteiger partial charge in [-0.2, -0.15) is 5.26 Å². The third-order valence-corrected chi connectivity index (χ3v) is 3.50. The topological polar surface area (TPSA) is 52.9 Å². The van der Waals surface area contributed by atoms with Crippen molar-refractivity contribution in [2.45, 2.75) is 27.7 Å². The number of benzene rings is 2. The summed E-state index contributed by atoms with van der Waals surface area (Å²) >= 11 is 0. The molecule has 0 aliphatic heterocycles. The fourth-order valence-corrected chi connectivity index (χ4v) is 2.49. The quantitative estimate of drug-likeness (QED) is 0.839. The van der Waals surface area contributed by atoms with Gasteiger partial charge in [-0.05, 0) is 53.8 Å². The van der Waals surface area contributed by atoms with Crippen LogP contribution in [0.5, 0.6) is 0 Å². The van der Waals surface area contributed by atoms with Gasteiger partial charge in [0, 0.05) is 11.3 Å². The van der Waals surface area contributed by atoms with Gasteiger partial charge in [0.05, 0.1) is 11.6 Å². The number of carbonyl (C=O) groups is 1. The average molecular weight is 318 g/mol. The van der Waals surface area contributed by atoms with Crippen molar-refractivity contribution in [3.05, 3.63) is 71.3 Å². The zero-order valence-electron chi connectivity index (χ0n) is 14.6. The Kier molecular flexibility index (Phi) is 5.21. The van der Waals surface area contributed by atoms with Crippen molar-refractivity contribution in [3.8, 4) is 6.07 Å². The molecule has 0 atom stereocenters. The van der Waals surface area contributed by atoms with Gasteiger partial charge in [0.25, 0.3) is 5.91 Å². The zero-order valence-corrected chi connectivity index (χ0v) is 14.6. The van der Waals surface area contributed by atoms with E-state index in [1.165, 1.54) is 5.57 Å². The van der Waals surface area contributed by atoms with Crippen molar-refractivity contribution < 1.29 is 4.79 Å². The first kappa shape index (κ1) is 17.5. The Morgan fingerprint density at radius 2 is 1.71 bits per heavy atom. The summed E-state index contributed by atoms with van der Waals surface area (Å²) in [4.78, 5) is 12.3. The maximum Gasteiger partial charge on any atom is 0.255 e. The van der Waals surface area contributed by atoms with Gasteiger partial charge in [-0.25, -0.2) is 0 Å². The van der Waals surface area contributed by atoms with E-state index in [0.29, 0.717) is 16.8 Å². The molecule has 3 nitrogen and oxygen atoms in total. The van der Waals surface area contributed by atoms with Crippen LogP contribution >= 0.6 is 0 Å². The molecule has 0 aliphatic rings. The molecule has 0 bridgehead atoms. The van der Waals surface area contributed by atoms with Gasteiger partial charge in [0.2, 0.25) is 0 Å². The molecule has 0 heterocycles. The Balaban J connectivity index is 2.14. The molecule has 1 N–H and O–H groups in total. The number of nitrogens with zero attached hydrogens (tertiary/aromatic N) is 1. The van der Waals surface area contributed by atoms with Crippen molar-refractivity contribution in [1.29, 1.82) is 5.26 Å². The molecule has 0 unspecified atom stereocenters. The number of rotatable bonds is 3. The zero-order chi connectivity index (χ0) is 17.7. The van der Waals surface area contributed by atoms with Crippen LogP contribution in [0.1, 0.15) is 49.2 Å². The second-order valence-corrected chi connectivity index (χ2v) is 6.92. The molecule has 122 valence electrons. The minimum absolute atomic E-state index is 0.117. The summed E-state index contributed by atoms with van der Waals surface area (Å²) in [5.41, 5.74) is 4.14. The third kappa shape index (κ3) is 4.82. The van der Waals surface area contributed by atoms with E-state index in [0.717, 1.165) is 5.56 Å². The van der Waals surface area contributed by atoms with Gasteiger partial charge < -0.3 is 5.32 Å².